The Hall–Kier alpha value is -4.21. The molecule has 4 heterocycles. The van der Waals surface area contributed by atoms with Crippen molar-refractivity contribution in [2.75, 3.05) is 7.11 Å². The molecule has 5 aromatic rings. The lowest BCUT2D eigenvalue weighted by molar-refractivity contribution is 0.397. The van der Waals surface area contributed by atoms with Crippen LogP contribution in [0.5, 0.6) is 5.88 Å². The van der Waals surface area contributed by atoms with E-state index >= 15 is 0 Å². The van der Waals surface area contributed by atoms with Crippen LogP contribution in [0.4, 0.5) is 0 Å². The molecule has 10 nitrogen and oxygen atoms in total. The molecule has 1 fully saturated rings. The monoisotopic (exact) mass is 453 g/mol. The second-order valence-electron chi connectivity index (χ2n) is 8.50. The Balaban J connectivity index is 1.34. The maximum atomic E-state index is 5.53. The van der Waals surface area contributed by atoms with Crippen molar-refractivity contribution in [3.63, 3.8) is 0 Å². The summed E-state index contributed by atoms with van der Waals surface area (Å²) in [6.07, 6.45) is 7.34. The molecule has 10 heteroatoms. The van der Waals surface area contributed by atoms with Gasteiger partial charge in [0.25, 0.3) is 0 Å². The molecule has 0 atom stereocenters. The van der Waals surface area contributed by atoms with Crippen LogP contribution in [0, 0.1) is 6.92 Å². The zero-order valence-electron chi connectivity index (χ0n) is 19.2. The number of hydrogen-bond donors (Lipinski definition) is 0. The Morgan fingerprint density at radius 1 is 1.00 bits per heavy atom. The maximum absolute atomic E-state index is 5.53. The summed E-state index contributed by atoms with van der Waals surface area (Å²) in [5.41, 5.74) is 4.55. The fourth-order valence-electron chi connectivity index (χ4n) is 4.03. The van der Waals surface area contributed by atoms with Gasteiger partial charge in [0.1, 0.15) is 17.7 Å². The molecule has 0 unspecified atom stereocenters. The standard InChI is InChI=1S/C24H23N9O/c1-14-29-21(31-32(14)2)17-6-4-15(5-7-17)12-33-23-18(11-28-33)10-25-22(30-23)19-20(16-8-9-16)26-13-27-24(19)34-3/h4-7,10-11,13,16H,8-9,12H2,1-3H3. The smallest absolute Gasteiger partial charge is 0.227 e. The number of methoxy groups -OCH3 is 1. The van der Waals surface area contributed by atoms with Crippen LogP contribution < -0.4 is 4.74 Å². The molecule has 1 saturated carbocycles. The summed E-state index contributed by atoms with van der Waals surface area (Å²) in [7, 11) is 3.50. The number of aryl methyl sites for hydroxylation is 2. The Morgan fingerprint density at radius 3 is 2.53 bits per heavy atom. The summed E-state index contributed by atoms with van der Waals surface area (Å²) in [5, 5.41) is 9.88. The predicted molar refractivity (Wildman–Crippen MR) is 125 cm³/mol. The number of rotatable bonds is 6. The molecule has 34 heavy (non-hydrogen) atoms. The van der Waals surface area contributed by atoms with Crippen LogP contribution in [0.3, 0.4) is 0 Å². The quantitative estimate of drug-likeness (QED) is 0.385. The summed E-state index contributed by atoms with van der Waals surface area (Å²) >= 11 is 0. The number of ether oxygens (including phenoxy) is 1. The number of fused-ring (bicyclic) bond motifs is 1. The van der Waals surface area contributed by atoms with Crippen LogP contribution in [0.2, 0.25) is 0 Å². The first kappa shape index (κ1) is 20.4. The summed E-state index contributed by atoms with van der Waals surface area (Å²) in [6, 6.07) is 8.19. The highest BCUT2D eigenvalue weighted by molar-refractivity contribution is 5.77. The van der Waals surface area contributed by atoms with Gasteiger partial charge in [0.15, 0.2) is 17.3 Å². The van der Waals surface area contributed by atoms with Gasteiger partial charge in [0.2, 0.25) is 5.88 Å². The van der Waals surface area contributed by atoms with E-state index in [-0.39, 0.29) is 0 Å². The number of nitrogens with zero attached hydrogens (tertiary/aromatic N) is 9. The molecular formula is C24H23N9O. The third-order valence-electron chi connectivity index (χ3n) is 6.12. The lowest BCUT2D eigenvalue weighted by Crippen LogP contribution is -2.05. The van der Waals surface area contributed by atoms with Crippen molar-refractivity contribution in [2.24, 2.45) is 7.05 Å². The van der Waals surface area contributed by atoms with Crippen LogP contribution in [-0.4, -0.2) is 51.6 Å². The van der Waals surface area contributed by atoms with Gasteiger partial charge in [-0.25, -0.2) is 29.6 Å². The van der Waals surface area contributed by atoms with Gasteiger partial charge >= 0.3 is 0 Å². The van der Waals surface area contributed by atoms with Crippen LogP contribution in [0.1, 0.15) is 35.8 Å². The van der Waals surface area contributed by atoms with Gasteiger partial charge in [0.05, 0.1) is 30.9 Å². The highest BCUT2D eigenvalue weighted by Gasteiger charge is 2.31. The molecule has 1 aliphatic carbocycles. The SMILES string of the molecule is COc1ncnc(C2CC2)c1-c1ncc2cnn(Cc3ccc(-c4nc(C)n(C)n4)cc3)c2n1. The van der Waals surface area contributed by atoms with Crippen molar-refractivity contribution >= 4 is 11.0 Å². The van der Waals surface area contributed by atoms with Gasteiger partial charge in [-0.3, -0.25) is 4.68 Å². The summed E-state index contributed by atoms with van der Waals surface area (Å²) in [4.78, 5) is 22.8. The van der Waals surface area contributed by atoms with Gasteiger partial charge in [-0.05, 0) is 25.3 Å². The summed E-state index contributed by atoms with van der Waals surface area (Å²) < 4.78 is 9.19. The minimum atomic E-state index is 0.409. The molecule has 6 rings (SSSR count). The highest BCUT2D eigenvalue weighted by atomic mass is 16.5. The Labute approximate surface area is 195 Å². The number of aromatic nitrogens is 9. The van der Waals surface area contributed by atoms with E-state index in [0.29, 0.717) is 24.2 Å². The van der Waals surface area contributed by atoms with Gasteiger partial charge in [0, 0.05) is 24.7 Å². The van der Waals surface area contributed by atoms with E-state index in [1.54, 1.807) is 30.5 Å². The van der Waals surface area contributed by atoms with Gasteiger partial charge in [-0.2, -0.15) is 10.2 Å². The van der Waals surface area contributed by atoms with Gasteiger partial charge < -0.3 is 4.74 Å². The fourth-order valence-corrected chi connectivity index (χ4v) is 4.03. The predicted octanol–water partition coefficient (Wildman–Crippen LogP) is 3.32. The zero-order chi connectivity index (χ0) is 23.2. The molecule has 170 valence electrons. The Morgan fingerprint density at radius 2 is 1.82 bits per heavy atom. The molecule has 1 aliphatic rings. The van der Waals surface area contributed by atoms with Crippen molar-refractivity contribution in [1.29, 1.82) is 0 Å². The van der Waals surface area contributed by atoms with Crippen molar-refractivity contribution in [3.8, 4) is 28.7 Å². The number of benzene rings is 1. The van der Waals surface area contributed by atoms with Crippen LogP contribution in [0.15, 0.2) is 43.0 Å². The Bertz CT molecular complexity index is 1480. The van der Waals surface area contributed by atoms with Crippen LogP contribution in [-0.2, 0) is 13.6 Å². The molecule has 0 aliphatic heterocycles. The Kier molecular flexibility index (Phi) is 4.79. The zero-order valence-corrected chi connectivity index (χ0v) is 19.2. The lowest BCUT2D eigenvalue weighted by Gasteiger charge is -2.11. The van der Waals surface area contributed by atoms with Crippen molar-refractivity contribution in [3.05, 3.63) is 60.1 Å². The van der Waals surface area contributed by atoms with Gasteiger partial charge in [-0.15, -0.1) is 0 Å². The van der Waals surface area contributed by atoms with E-state index in [1.807, 2.05) is 30.8 Å². The summed E-state index contributed by atoms with van der Waals surface area (Å²) in [6.45, 7) is 2.52. The topological polar surface area (TPSA) is 109 Å². The van der Waals surface area contributed by atoms with E-state index in [2.05, 4.69) is 42.3 Å². The molecular weight excluding hydrogens is 430 g/mol. The van der Waals surface area contributed by atoms with Crippen molar-refractivity contribution in [2.45, 2.75) is 32.2 Å². The fraction of sp³-hybridized carbons (Fsp3) is 0.292. The average Bonchev–Trinajstić information content (AvgIpc) is 3.56. The molecule has 0 N–H and O–H groups in total. The largest absolute Gasteiger partial charge is 0.480 e. The van der Waals surface area contributed by atoms with Crippen molar-refractivity contribution in [1.82, 2.24) is 44.5 Å². The van der Waals surface area contributed by atoms with E-state index in [0.717, 1.165) is 57.9 Å². The second-order valence-corrected chi connectivity index (χ2v) is 8.50. The normalized spacial score (nSPS) is 13.5. The molecule has 0 spiro atoms. The van der Waals surface area contributed by atoms with E-state index < -0.39 is 0 Å². The highest BCUT2D eigenvalue weighted by Crippen LogP contribution is 2.44. The summed E-state index contributed by atoms with van der Waals surface area (Å²) in [5.74, 6) is 3.06. The van der Waals surface area contributed by atoms with Crippen LogP contribution >= 0.6 is 0 Å². The molecule has 0 radical (unpaired) electrons. The molecule has 0 saturated heterocycles. The third-order valence-corrected chi connectivity index (χ3v) is 6.12. The molecule has 0 amide bonds. The maximum Gasteiger partial charge on any atom is 0.227 e. The third kappa shape index (κ3) is 3.57. The minimum Gasteiger partial charge on any atom is -0.480 e. The lowest BCUT2D eigenvalue weighted by atomic mass is 10.1. The van der Waals surface area contributed by atoms with E-state index in [9.17, 15) is 0 Å². The van der Waals surface area contributed by atoms with E-state index in [1.165, 1.54) is 0 Å². The first-order chi connectivity index (χ1) is 16.6. The van der Waals surface area contributed by atoms with Crippen LogP contribution in [0.25, 0.3) is 33.8 Å². The second kappa shape index (κ2) is 7.98. The molecule has 0 bridgehead atoms. The molecule has 4 aromatic heterocycles. The number of hydrogen-bond acceptors (Lipinski definition) is 8. The van der Waals surface area contributed by atoms with Crippen molar-refractivity contribution < 1.29 is 4.74 Å². The first-order valence-electron chi connectivity index (χ1n) is 11.2. The van der Waals surface area contributed by atoms with E-state index in [4.69, 9.17) is 9.72 Å². The average molecular weight is 454 g/mol. The minimum absolute atomic E-state index is 0.409. The molecule has 1 aromatic carbocycles. The first-order valence-corrected chi connectivity index (χ1v) is 11.2. The van der Waals surface area contributed by atoms with Gasteiger partial charge in [-0.1, -0.05) is 24.3 Å².